The molecule has 0 aromatic heterocycles. The van der Waals surface area contributed by atoms with Crippen LogP contribution < -0.4 is 10.5 Å². The zero-order valence-corrected chi connectivity index (χ0v) is 11.4. The summed E-state index contributed by atoms with van der Waals surface area (Å²) in [7, 11) is 0. The van der Waals surface area contributed by atoms with Gasteiger partial charge in [-0.05, 0) is 25.5 Å². The third-order valence-electron chi connectivity index (χ3n) is 2.38. The van der Waals surface area contributed by atoms with Crippen molar-refractivity contribution in [3.05, 3.63) is 28.2 Å². The second kappa shape index (κ2) is 6.02. The first-order valence-corrected chi connectivity index (χ1v) is 6.19. The van der Waals surface area contributed by atoms with Crippen molar-refractivity contribution in [2.45, 2.75) is 32.4 Å². The van der Waals surface area contributed by atoms with Crippen LogP contribution in [0.3, 0.4) is 0 Å². The normalized spacial score (nSPS) is 14.1. The largest absolute Gasteiger partial charge is 0.479 e. The molecule has 5 heteroatoms. The van der Waals surface area contributed by atoms with Crippen molar-refractivity contribution in [2.24, 2.45) is 5.73 Å². The lowest BCUT2D eigenvalue weighted by Crippen LogP contribution is -2.26. The van der Waals surface area contributed by atoms with Gasteiger partial charge in [0.1, 0.15) is 5.75 Å². The maximum atomic E-state index is 10.9. The van der Waals surface area contributed by atoms with E-state index in [9.17, 15) is 4.79 Å². The third-order valence-corrected chi connectivity index (χ3v) is 2.87. The van der Waals surface area contributed by atoms with E-state index in [2.05, 4.69) is 15.9 Å². The molecule has 0 bridgehead atoms. The minimum Gasteiger partial charge on any atom is -0.479 e. The highest BCUT2D eigenvalue weighted by atomic mass is 79.9. The lowest BCUT2D eigenvalue weighted by molar-refractivity contribution is -0.145. The maximum Gasteiger partial charge on any atom is 0.344 e. The molecule has 2 atom stereocenters. The first-order valence-electron chi connectivity index (χ1n) is 5.40. The fourth-order valence-electron chi connectivity index (χ4n) is 1.45. The first-order chi connectivity index (χ1) is 7.95. The van der Waals surface area contributed by atoms with Gasteiger partial charge in [0.15, 0.2) is 6.10 Å². The molecule has 94 valence electrons. The lowest BCUT2D eigenvalue weighted by atomic mass is 10.1. The number of benzene rings is 1. The van der Waals surface area contributed by atoms with Crippen molar-refractivity contribution in [1.82, 2.24) is 0 Å². The summed E-state index contributed by atoms with van der Waals surface area (Å²) in [6.45, 7) is 3.60. The van der Waals surface area contributed by atoms with Gasteiger partial charge in [0.25, 0.3) is 0 Å². The molecule has 0 fully saturated rings. The second-order valence-corrected chi connectivity index (χ2v) is 4.74. The van der Waals surface area contributed by atoms with Gasteiger partial charge in [-0.2, -0.15) is 0 Å². The topological polar surface area (TPSA) is 72.5 Å². The van der Waals surface area contributed by atoms with Crippen molar-refractivity contribution in [1.29, 1.82) is 0 Å². The number of hydrogen-bond acceptors (Lipinski definition) is 3. The molecule has 0 saturated heterocycles. The summed E-state index contributed by atoms with van der Waals surface area (Å²) < 4.78 is 6.32. The minimum absolute atomic E-state index is 0.204. The molecular weight excluding hydrogens is 286 g/mol. The average molecular weight is 302 g/mol. The van der Waals surface area contributed by atoms with Gasteiger partial charge < -0.3 is 15.6 Å². The Morgan fingerprint density at radius 2 is 2.24 bits per heavy atom. The van der Waals surface area contributed by atoms with Crippen LogP contribution in [0.25, 0.3) is 0 Å². The molecular formula is C12H16BrNO3. The van der Waals surface area contributed by atoms with Crippen molar-refractivity contribution >= 4 is 21.9 Å². The molecule has 0 heterocycles. The zero-order chi connectivity index (χ0) is 13.0. The Morgan fingerprint density at radius 3 is 2.71 bits per heavy atom. The van der Waals surface area contributed by atoms with Crippen molar-refractivity contribution < 1.29 is 14.6 Å². The van der Waals surface area contributed by atoms with Crippen LogP contribution in [0, 0.1) is 0 Å². The average Bonchev–Trinajstić information content (AvgIpc) is 2.25. The Morgan fingerprint density at radius 1 is 1.59 bits per heavy atom. The SMILES string of the molecule is CCC(Oc1cc(Br)ccc1C(C)N)C(=O)O. The number of nitrogens with two attached hydrogens (primary N) is 1. The summed E-state index contributed by atoms with van der Waals surface area (Å²) in [6.07, 6.45) is -0.443. The van der Waals surface area contributed by atoms with Crippen LogP contribution >= 0.6 is 15.9 Å². The van der Waals surface area contributed by atoms with Crippen molar-refractivity contribution in [2.75, 3.05) is 0 Å². The molecule has 1 aromatic carbocycles. The number of carboxylic acid groups (broad SMARTS) is 1. The van der Waals surface area contributed by atoms with E-state index < -0.39 is 12.1 Å². The van der Waals surface area contributed by atoms with E-state index in [1.807, 2.05) is 19.1 Å². The number of carbonyl (C=O) groups is 1. The van der Waals surface area contributed by atoms with Crippen LogP contribution in [0.2, 0.25) is 0 Å². The van der Waals surface area contributed by atoms with Gasteiger partial charge in [-0.15, -0.1) is 0 Å². The summed E-state index contributed by atoms with van der Waals surface area (Å²) >= 11 is 3.33. The third kappa shape index (κ3) is 3.71. The first kappa shape index (κ1) is 14.0. The number of carboxylic acids is 1. The maximum absolute atomic E-state index is 10.9. The molecule has 1 aromatic rings. The highest BCUT2D eigenvalue weighted by Gasteiger charge is 2.19. The summed E-state index contributed by atoms with van der Waals surface area (Å²) in [6, 6.07) is 5.22. The number of ether oxygens (including phenoxy) is 1. The van der Waals surface area contributed by atoms with E-state index in [1.165, 1.54) is 0 Å². The number of aliphatic carboxylic acids is 1. The second-order valence-electron chi connectivity index (χ2n) is 3.82. The standard InChI is InChI=1S/C12H16BrNO3/c1-3-10(12(15)16)17-11-6-8(13)4-5-9(11)7(2)14/h4-7,10H,3,14H2,1-2H3,(H,15,16). The fraction of sp³-hybridized carbons (Fsp3) is 0.417. The predicted octanol–water partition coefficient (Wildman–Crippen LogP) is 2.71. The lowest BCUT2D eigenvalue weighted by Gasteiger charge is -2.18. The van der Waals surface area contributed by atoms with Crippen molar-refractivity contribution in [3.63, 3.8) is 0 Å². The molecule has 0 spiro atoms. The number of rotatable bonds is 5. The quantitative estimate of drug-likeness (QED) is 0.877. The van der Waals surface area contributed by atoms with E-state index in [-0.39, 0.29) is 6.04 Å². The molecule has 0 radical (unpaired) electrons. The summed E-state index contributed by atoms with van der Waals surface area (Å²) in [5, 5.41) is 8.97. The Balaban J connectivity index is 3.02. The molecule has 0 saturated carbocycles. The summed E-state index contributed by atoms with van der Waals surface area (Å²) in [5.74, 6) is -0.452. The van der Waals surface area contributed by atoms with Gasteiger partial charge in [0.05, 0.1) is 0 Å². The van der Waals surface area contributed by atoms with E-state index in [4.69, 9.17) is 15.6 Å². The minimum atomic E-state index is -0.969. The molecule has 0 aliphatic heterocycles. The molecule has 0 aliphatic carbocycles. The van der Waals surface area contributed by atoms with Crippen LogP contribution in [0.4, 0.5) is 0 Å². The molecule has 17 heavy (non-hydrogen) atoms. The van der Waals surface area contributed by atoms with Crippen LogP contribution in [-0.2, 0) is 4.79 Å². The predicted molar refractivity (Wildman–Crippen MR) is 69.1 cm³/mol. The molecule has 4 nitrogen and oxygen atoms in total. The van der Waals surface area contributed by atoms with Gasteiger partial charge in [-0.3, -0.25) is 0 Å². The highest BCUT2D eigenvalue weighted by molar-refractivity contribution is 9.10. The van der Waals surface area contributed by atoms with Gasteiger partial charge in [0, 0.05) is 16.1 Å². The zero-order valence-electron chi connectivity index (χ0n) is 9.81. The molecule has 0 amide bonds. The summed E-state index contributed by atoms with van der Waals surface area (Å²) in [5.41, 5.74) is 6.61. The number of halogens is 1. The Labute approximate surface area is 109 Å². The Hall–Kier alpha value is -1.07. The van der Waals surface area contributed by atoms with Gasteiger partial charge in [0.2, 0.25) is 0 Å². The molecule has 2 unspecified atom stereocenters. The monoisotopic (exact) mass is 301 g/mol. The molecule has 3 N–H and O–H groups in total. The van der Waals surface area contributed by atoms with Crippen LogP contribution in [0.1, 0.15) is 31.9 Å². The molecule has 1 rings (SSSR count). The van der Waals surface area contributed by atoms with Gasteiger partial charge in [-0.25, -0.2) is 4.79 Å². The highest BCUT2D eigenvalue weighted by Crippen LogP contribution is 2.28. The van der Waals surface area contributed by atoms with E-state index in [0.29, 0.717) is 12.2 Å². The van der Waals surface area contributed by atoms with Crippen molar-refractivity contribution in [3.8, 4) is 5.75 Å². The van der Waals surface area contributed by atoms with Crippen LogP contribution in [0.5, 0.6) is 5.75 Å². The van der Waals surface area contributed by atoms with Gasteiger partial charge >= 0.3 is 5.97 Å². The Bertz CT molecular complexity index is 407. The van der Waals surface area contributed by atoms with E-state index >= 15 is 0 Å². The smallest absolute Gasteiger partial charge is 0.344 e. The Kier molecular flexibility index (Phi) is 4.96. The van der Waals surface area contributed by atoms with Crippen LogP contribution in [-0.4, -0.2) is 17.2 Å². The van der Waals surface area contributed by atoms with Crippen LogP contribution in [0.15, 0.2) is 22.7 Å². The fourth-order valence-corrected chi connectivity index (χ4v) is 1.79. The van der Waals surface area contributed by atoms with E-state index in [0.717, 1.165) is 10.0 Å². The van der Waals surface area contributed by atoms with E-state index in [1.54, 1.807) is 13.0 Å². The van der Waals surface area contributed by atoms with Gasteiger partial charge in [-0.1, -0.05) is 28.9 Å². The number of hydrogen-bond donors (Lipinski definition) is 2. The summed E-state index contributed by atoms with van der Waals surface area (Å²) in [4.78, 5) is 10.9. The molecule has 0 aliphatic rings.